The summed E-state index contributed by atoms with van der Waals surface area (Å²) in [6.45, 7) is 5.68. The van der Waals surface area contributed by atoms with Crippen molar-refractivity contribution in [2.45, 2.75) is 46.1 Å². The third-order valence-corrected chi connectivity index (χ3v) is 3.57. The van der Waals surface area contributed by atoms with Crippen molar-refractivity contribution in [3.63, 3.8) is 0 Å². The summed E-state index contributed by atoms with van der Waals surface area (Å²) in [5.74, 6) is -1.63. The lowest BCUT2D eigenvalue weighted by molar-refractivity contribution is -0.140. The molecular weight excluding hydrogens is 292 g/mol. The van der Waals surface area contributed by atoms with Crippen LogP contribution in [0.25, 0.3) is 0 Å². The zero-order chi connectivity index (χ0) is 16.0. The second kappa shape index (κ2) is 7.98. The maximum atomic E-state index is 12.2. The highest BCUT2D eigenvalue weighted by molar-refractivity contribution is 6.29. The fourth-order valence-corrected chi connectivity index (χ4v) is 2.20. The summed E-state index contributed by atoms with van der Waals surface area (Å²) in [4.78, 5) is 27.6. The Balaban J connectivity index is 2.94. The molecule has 0 aliphatic heterocycles. The van der Waals surface area contributed by atoms with Crippen LogP contribution in [0.15, 0.2) is 12.1 Å². The number of aliphatic carboxylic acids is 1. The molecule has 1 unspecified atom stereocenters. The van der Waals surface area contributed by atoms with Gasteiger partial charge in [-0.1, -0.05) is 45.2 Å². The number of rotatable bonds is 7. The minimum Gasteiger partial charge on any atom is -0.480 e. The number of carbonyl (C=O) groups excluding carboxylic acids is 1. The predicted molar refractivity (Wildman–Crippen MR) is 81.6 cm³/mol. The lowest BCUT2D eigenvalue weighted by Crippen LogP contribution is -2.45. The summed E-state index contributed by atoms with van der Waals surface area (Å²) in [6, 6.07) is 2.19. The molecule has 5 nitrogen and oxygen atoms in total. The van der Waals surface area contributed by atoms with Crippen molar-refractivity contribution < 1.29 is 14.7 Å². The molecule has 2 atom stereocenters. The Bertz CT molecular complexity index is 520. The van der Waals surface area contributed by atoms with E-state index in [1.165, 1.54) is 6.07 Å². The van der Waals surface area contributed by atoms with Crippen LogP contribution in [0, 0.1) is 5.92 Å². The summed E-state index contributed by atoms with van der Waals surface area (Å²) in [5.41, 5.74) is 1.07. The molecule has 0 aromatic carbocycles. The van der Waals surface area contributed by atoms with Gasteiger partial charge in [0, 0.05) is 11.3 Å². The summed E-state index contributed by atoms with van der Waals surface area (Å²) < 4.78 is 0. The van der Waals surface area contributed by atoms with Gasteiger partial charge in [-0.25, -0.2) is 9.78 Å². The number of carboxylic acids is 1. The van der Waals surface area contributed by atoms with Gasteiger partial charge < -0.3 is 10.4 Å². The van der Waals surface area contributed by atoms with E-state index >= 15 is 0 Å². The second-order valence-electron chi connectivity index (χ2n) is 5.09. The molecule has 0 saturated heterocycles. The van der Waals surface area contributed by atoms with Crippen molar-refractivity contribution in [3.8, 4) is 0 Å². The average Bonchev–Trinajstić information content (AvgIpc) is 2.43. The van der Waals surface area contributed by atoms with E-state index in [-0.39, 0.29) is 11.1 Å². The van der Waals surface area contributed by atoms with Gasteiger partial charge in [-0.05, 0) is 24.5 Å². The lowest BCUT2D eigenvalue weighted by Gasteiger charge is -2.20. The van der Waals surface area contributed by atoms with Gasteiger partial charge in [0.25, 0.3) is 5.91 Å². The van der Waals surface area contributed by atoms with Crippen LogP contribution in [0.5, 0.6) is 0 Å². The fraction of sp³-hybridized carbons (Fsp3) is 0.533. The van der Waals surface area contributed by atoms with Crippen LogP contribution in [0.3, 0.4) is 0 Å². The highest BCUT2D eigenvalue weighted by Crippen LogP contribution is 2.14. The zero-order valence-corrected chi connectivity index (χ0v) is 13.3. The number of aryl methyl sites for hydroxylation is 1. The molecule has 6 heteroatoms. The number of hydrogen-bond acceptors (Lipinski definition) is 3. The zero-order valence-electron chi connectivity index (χ0n) is 12.5. The highest BCUT2D eigenvalue weighted by atomic mass is 35.5. The summed E-state index contributed by atoms with van der Waals surface area (Å²) in [6.07, 6.45) is 2.27. The molecule has 21 heavy (non-hydrogen) atoms. The van der Waals surface area contributed by atoms with E-state index in [0.29, 0.717) is 18.4 Å². The maximum Gasteiger partial charge on any atom is 0.326 e. The molecule has 2 N–H and O–H groups in total. The van der Waals surface area contributed by atoms with Gasteiger partial charge in [0.2, 0.25) is 0 Å². The molecule has 1 heterocycles. The largest absolute Gasteiger partial charge is 0.480 e. The second-order valence-corrected chi connectivity index (χ2v) is 5.48. The highest BCUT2D eigenvalue weighted by Gasteiger charge is 2.26. The van der Waals surface area contributed by atoms with Gasteiger partial charge in [0.05, 0.1) is 0 Å². The van der Waals surface area contributed by atoms with Crippen molar-refractivity contribution in [3.05, 3.63) is 28.5 Å². The van der Waals surface area contributed by atoms with Crippen LogP contribution >= 0.6 is 11.6 Å². The first kappa shape index (κ1) is 17.4. The summed E-state index contributed by atoms with van der Waals surface area (Å²) in [7, 11) is 0. The standard InChI is InChI=1S/C15H21ClN2O3/c1-4-6-11-7-10(8-12(16)17-11)14(19)18-13(15(20)21)9(3)5-2/h7-9,13H,4-6H2,1-3H3,(H,18,19)(H,20,21)/t9?,13-/m0/s1. The Morgan fingerprint density at radius 3 is 2.57 bits per heavy atom. The van der Waals surface area contributed by atoms with Crippen LogP contribution in [0.2, 0.25) is 5.15 Å². The van der Waals surface area contributed by atoms with E-state index in [2.05, 4.69) is 10.3 Å². The van der Waals surface area contributed by atoms with Gasteiger partial charge in [-0.15, -0.1) is 0 Å². The summed E-state index contributed by atoms with van der Waals surface area (Å²) in [5, 5.41) is 12.0. The van der Waals surface area contributed by atoms with Crippen LogP contribution in [0.1, 0.15) is 49.7 Å². The normalized spacial score (nSPS) is 13.5. The molecule has 1 rings (SSSR count). The molecule has 0 aliphatic rings. The van der Waals surface area contributed by atoms with Crippen molar-refractivity contribution in [1.29, 1.82) is 0 Å². The number of aromatic nitrogens is 1. The Morgan fingerprint density at radius 2 is 2.05 bits per heavy atom. The van der Waals surface area contributed by atoms with Crippen LogP contribution in [-0.2, 0) is 11.2 Å². The number of nitrogens with zero attached hydrogens (tertiary/aromatic N) is 1. The van der Waals surface area contributed by atoms with Crippen molar-refractivity contribution in [1.82, 2.24) is 10.3 Å². The van der Waals surface area contributed by atoms with E-state index in [4.69, 9.17) is 11.6 Å². The van der Waals surface area contributed by atoms with Gasteiger partial charge >= 0.3 is 5.97 Å². The van der Waals surface area contributed by atoms with Gasteiger partial charge in [0.1, 0.15) is 11.2 Å². The third kappa shape index (κ3) is 5.01. The Hall–Kier alpha value is -1.62. The van der Waals surface area contributed by atoms with E-state index in [9.17, 15) is 14.7 Å². The number of carbonyl (C=O) groups is 2. The lowest BCUT2D eigenvalue weighted by atomic mass is 9.99. The van der Waals surface area contributed by atoms with Crippen molar-refractivity contribution in [2.24, 2.45) is 5.92 Å². The van der Waals surface area contributed by atoms with Gasteiger partial charge in [-0.2, -0.15) is 0 Å². The maximum absolute atomic E-state index is 12.2. The number of halogens is 1. The predicted octanol–water partition coefficient (Wildman–Crippen LogP) is 2.92. The molecule has 116 valence electrons. The van der Waals surface area contributed by atoms with Crippen LogP contribution < -0.4 is 5.32 Å². The first-order valence-electron chi connectivity index (χ1n) is 7.09. The SMILES string of the molecule is CCCc1cc(C(=O)N[C@H](C(=O)O)C(C)CC)cc(Cl)n1. The molecule has 0 saturated carbocycles. The van der Waals surface area contributed by atoms with E-state index in [0.717, 1.165) is 12.1 Å². The molecule has 1 amide bonds. The van der Waals surface area contributed by atoms with Crippen LogP contribution in [-0.4, -0.2) is 28.0 Å². The monoisotopic (exact) mass is 312 g/mol. The van der Waals surface area contributed by atoms with Crippen molar-refractivity contribution >= 4 is 23.5 Å². The number of amides is 1. The van der Waals surface area contributed by atoms with E-state index in [1.807, 2.05) is 13.8 Å². The Kier molecular flexibility index (Phi) is 6.62. The average molecular weight is 313 g/mol. The Morgan fingerprint density at radius 1 is 1.38 bits per heavy atom. The fourth-order valence-electron chi connectivity index (χ4n) is 1.97. The number of hydrogen-bond donors (Lipinski definition) is 2. The van der Waals surface area contributed by atoms with Gasteiger partial charge in [-0.3, -0.25) is 4.79 Å². The third-order valence-electron chi connectivity index (χ3n) is 3.38. The van der Waals surface area contributed by atoms with Crippen LogP contribution in [0.4, 0.5) is 0 Å². The van der Waals surface area contributed by atoms with Gasteiger partial charge in [0.15, 0.2) is 0 Å². The molecule has 0 spiro atoms. The van der Waals surface area contributed by atoms with E-state index in [1.54, 1.807) is 13.0 Å². The smallest absolute Gasteiger partial charge is 0.326 e. The molecule has 1 aromatic heterocycles. The molecule has 0 radical (unpaired) electrons. The molecular formula is C15H21ClN2O3. The van der Waals surface area contributed by atoms with Crippen molar-refractivity contribution in [2.75, 3.05) is 0 Å². The molecule has 0 aliphatic carbocycles. The first-order valence-corrected chi connectivity index (χ1v) is 7.46. The molecule has 0 fully saturated rings. The first-order chi connectivity index (χ1) is 9.88. The minimum atomic E-state index is -1.04. The molecule has 1 aromatic rings. The van der Waals surface area contributed by atoms with E-state index < -0.39 is 17.9 Å². The number of carboxylic acid groups (broad SMARTS) is 1. The topological polar surface area (TPSA) is 79.3 Å². The quantitative estimate of drug-likeness (QED) is 0.759. The number of pyridine rings is 1. The summed E-state index contributed by atoms with van der Waals surface area (Å²) >= 11 is 5.91. The molecule has 0 bridgehead atoms. The Labute approximate surface area is 129 Å². The number of nitrogens with one attached hydrogen (secondary N) is 1. The minimum absolute atomic E-state index is 0.154.